The summed E-state index contributed by atoms with van der Waals surface area (Å²) in [7, 11) is 0. The van der Waals surface area contributed by atoms with Crippen LogP contribution in [0.5, 0.6) is 5.75 Å². The molecule has 2 fully saturated rings. The molecule has 1 saturated heterocycles. The van der Waals surface area contributed by atoms with E-state index < -0.39 is 0 Å². The van der Waals surface area contributed by atoms with Crippen LogP contribution in [0.4, 0.5) is 0 Å². The third kappa shape index (κ3) is 2.90. The number of likely N-dealkylation sites (tertiary alicyclic amines) is 1. The maximum absolute atomic E-state index is 12.3. The summed E-state index contributed by atoms with van der Waals surface area (Å²) in [4.78, 5) is 18.2. The summed E-state index contributed by atoms with van der Waals surface area (Å²) in [5, 5.41) is 0.521. The lowest BCUT2D eigenvalue weighted by atomic mass is 10.1. The topological polar surface area (TPSA) is 42.4 Å². The molecule has 0 spiro atoms. The summed E-state index contributed by atoms with van der Waals surface area (Å²) in [5.41, 5.74) is 0. The molecule has 1 aromatic heterocycles. The normalized spacial score (nSPS) is 23.2. The van der Waals surface area contributed by atoms with Crippen molar-refractivity contribution in [1.82, 2.24) is 9.88 Å². The zero-order valence-electron chi connectivity index (χ0n) is 11.4. The quantitative estimate of drug-likeness (QED) is 0.861. The second-order valence-corrected chi connectivity index (χ2v) is 6.01. The highest BCUT2D eigenvalue weighted by atomic mass is 35.5. The molecule has 1 aromatic rings. The van der Waals surface area contributed by atoms with Crippen LogP contribution < -0.4 is 4.74 Å². The van der Waals surface area contributed by atoms with Gasteiger partial charge >= 0.3 is 0 Å². The van der Waals surface area contributed by atoms with Crippen molar-refractivity contribution in [3.63, 3.8) is 0 Å². The van der Waals surface area contributed by atoms with Crippen LogP contribution in [0.25, 0.3) is 0 Å². The largest absolute Gasteiger partial charge is 0.487 e. The highest BCUT2D eigenvalue weighted by Gasteiger charge is 2.33. The molecule has 1 saturated carbocycles. The minimum atomic E-state index is 0.0419. The summed E-state index contributed by atoms with van der Waals surface area (Å²) in [6.45, 7) is 1.47. The van der Waals surface area contributed by atoms with E-state index in [9.17, 15) is 4.79 Å². The highest BCUT2D eigenvalue weighted by molar-refractivity contribution is 6.31. The molecule has 1 amide bonds. The number of carbonyl (C=O) groups excluding carboxylic acids is 1. The Hall–Kier alpha value is -1.29. The molecule has 0 N–H and O–H groups in total. The van der Waals surface area contributed by atoms with Crippen molar-refractivity contribution in [2.75, 3.05) is 13.1 Å². The van der Waals surface area contributed by atoms with Gasteiger partial charge in [-0.05, 0) is 12.8 Å². The van der Waals surface area contributed by atoms with Crippen molar-refractivity contribution < 1.29 is 9.53 Å². The molecule has 3 rings (SSSR count). The standard InChI is InChI=1S/C15H19ClN2O2/c16-13-9-17-7-5-14(13)20-12-6-8-18(10-12)15(19)11-3-1-2-4-11/h5,7,9,11-12H,1-4,6,8,10H2. The third-order valence-corrected chi connectivity index (χ3v) is 4.47. The molecule has 1 aliphatic heterocycles. The van der Waals surface area contributed by atoms with Crippen LogP contribution in [0.1, 0.15) is 32.1 Å². The van der Waals surface area contributed by atoms with Crippen molar-refractivity contribution in [1.29, 1.82) is 0 Å². The summed E-state index contributed by atoms with van der Waals surface area (Å²) >= 11 is 6.04. The van der Waals surface area contributed by atoms with E-state index in [1.807, 2.05) is 4.90 Å². The number of pyridine rings is 1. The minimum absolute atomic E-state index is 0.0419. The van der Waals surface area contributed by atoms with Gasteiger partial charge in [0.25, 0.3) is 0 Å². The van der Waals surface area contributed by atoms with Crippen LogP contribution in [0.3, 0.4) is 0 Å². The maximum Gasteiger partial charge on any atom is 0.225 e. The lowest BCUT2D eigenvalue weighted by molar-refractivity contribution is -0.134. The number of amides is 1. The van der Waals surface area contributed by atoms with Crippen LogP contribution >= 0.6 is 11.6 Å². The molecule has 0 radical (unpaired) electrons. The SMILES string of the molecule is O=C(C1CCCC1)N1CCC(Oc2ccncc2Cl)C1. The fourth-order valence-electron chi connectivity index (χ4n) is 3.09. The molecule has 108 valence electrons. The molecule has 2 aliphatic rings. The lowest BCUT2D eigenvalue weighted by Crippen LogP contribution is -2.34. The van der Waals surface area contributed by atoms with E-state index in [1.54, 1.807) is 18.5 Å². The molecule has 2 heterocycles. The average molecular weight is 295 g/mol. The fourth-order valence-corrected chi connectivity index (χ4v) is 3.26. The third-order valence-electron chi connectivity index (χ3n) is 4.19. The van der Waals surface area contributed by atoms with Gasteiger partial charge in [0.1, 0.15) is 16.9 Å². The molecule has 0 aromatic carbocycles. The van der Waals surface area contributed by atoms with Crippen LogP contribution in [0.15, 0.2) is 18.5 Å². The first-order chi connectivity index (χ1) is 9.74. The van der Waals surface area contributed by atoms with Gasteiger partial charge in [-0.15, -0.1) is 0 Å². The molecule has 1 aliphatic carbocycles. The molecule has 4 nitrogen and oxygen atoms in total. The Morgan fingerprint density at radius 3 is 2.90 bits per heavy atom. The molecule has 1 unspecified atom stereocenters. The van der Waals surface area contributed by atoms with Gasteiger partial charge in [-0.2, -0.15) is 0 Å². The van der Waals surface area contributed by atoms with Crippen molar-refractivity contribution >= 4 is 17.5 Å². The number of carbonyl (C=O) groups is 1. The van der Waals surface area contributed by atoms with Gasteiger partial charge in [0.15, 0.2) is 0 Å². The average Bonchev–Trinajstić information content (AvgIpc) is 3.12. The van der Waals surface area contributed by atoms with Gasteiger partial charge in [0.05, 0.1) is 6.54 Å². The Bertz CT molecular complexity index is 489. The fraction of sp³-hybridized carbons (Fsp3) is 0.600. The van der Waals surface area contributed by atoms with Crippen LogP contribution in [0.2, 0.25) is 5.02 Å². The van der Waals surface area contributed by atoms with Crippen molar-refractivity contribution in [2.24, 2.45) is 5.92 Å². The highest BCUT2D eigenvalue weighted by Crippen LogP contribution is 2.29. The number of rotatable bonds is 3. The first-order valence-electron chi connectivity index (χ1n) is 7.29. The van der Waals surface area contributed by atoms with Gasteiger partial charge in [0, 0.05) is 37.3 Å². The van der Waals surface area contributed by atoms with Crippen molar-refractivity contribution in [3.8, 4) is 5.75 Å². The number of ether oxygens (including phenoxy) is 1. The van der Waals surface area contributed by atoms with E-state index in [4.69, 9.17) is 16.3 Å². The Morgan fingerprint density at radius 1 is 1.35 bits per heavy atom. The Kier molecular flexibility index (Phi) is 4.10. The molecule has 20 heavy (non-hydrogen) atoms. The van der Waals surface area contributed by atoms with E-state index in [0.29, 0.717) is 23.2 Å². The Balaban J connectivity index is 1.57. The van der Waals surface area contributed by atoms with Crippen LogP contribution in [-0.4, -0.2) is 35.0 Å². The van der Waals surface area contributed by atoms with Gasteiger partial charge in [-0.25, -0.2) is 0 Å². The number of halogens is 1. The molecule has 5 heteroatoms. The van der Waals surface area contributed by atoms with Crippen LogP contribution in [-0.2, 0) is 4.79 Å². The predicted octanol–water partition coefficient (Wildman–Crippen LogP) is 2.90. The Labute approximate surface area is 124 Å². The monoisotopic (exact) mass is 294 g/mol. The summed E-state index contributed by atoms with van der Waals surface area (Å²) in [5.74, 6) is 1.22. The van der Waals surface area contributed by atoms with E-state index >= 15 is 0 Å². The van der Waals surface area contributed by atoms with Crippen molar-refractivity contribution in [3.05, 3.63) is 23.5 Å². The van der Waals surface area contributed by atoms with Crippen molar-refractivity contribution in [2.45, 2.75) is 38.2 Å². The molecule has 1 atom stereocenters. The summed E-state index contributed by atoms with van der Waals surface area (Å²) in [6, 6.07) is 1.77. The number of hydrogen-bond donors (Lipinski definition) is 0. The van der Waals surface area contributed by atoms with E-state index in [0.717, 1.165) is 25.8 Å². The first-order valence-corrected chi connectivity index (χ1v) is 7.67. The summed E-state index contributed by atoms with van der Waals surface area (Å²) in [6.07, 6.45) is 8.64. The van der Waals surface area contributed by atoms with Gasteiger partial charge in [0.2, 0.25) is 5.91 Å². The Morgan fingerprint density at radius 2 is 2.15 bits per heavy atom. The number of aromatic nitrogens is 1. The lowest BCUT2D eigenvalue weighted by Gasteiger charge is -2.20. The second kappa shape index (κ2) is 6.00. The van der Waals surface area contributed by atoms with Gasteiger partial charge in [-0.3, -0.25) is 9.78 Å². The predicted molar refractivity (Wildman–Crippen MR) is 76.8 cm³/mol. The van der Waals surface area contributed by atoms with E-state index in [-0.39, 0.29) is 12.0 Å². The zero-order valence-corrected chi connectivity index (χ0v) is 12.2. The maximum atomic E-state index is 12.3. The van der Waals surface area contributed by atoms with E-state index in [1.165, 1.54) is 12.8 Å². The smallest absolute Gasteiger partial charge is 0.225 e. The second-order valence-electron chi connectivity index (χ2n) is 5.60. The zero-order chi connectivity index (χ0) is 13.9. The molecular formula is C15H19ClN2O2. The minimum Gasteiger partial charge on any atom is -0.487 e. The van der Waals surface area contributed by atoms with Gasteiger partial charge < -0.3 is 9.64 Å². The first kappa shape index (κ1) is 13.7. The molecular weight excluding hydrogens is 276 g/mol. The van der Waals surface area contributed by atoms with Gasteiger partial charge in [-0.1, -0.05) is 24.4 Å². The number of hydrogen-bond acceptors (Lipinski definition) is 3. The number of nitrogens with zero attached hydrogens (tertiary/aromatic N) is 2. The van der Waals surface area contributed by atoms with E-state index in [2.05, 4.69) is 4.98 Å². The summed E-state index contributed by atoms with van der Waals surface area (Å²) < 4.78 is 5.88. The molecule has 0 bridgehead atoms. The van der Waals surface area contributed by atoms with Crippen LogP contribution in [0, 0.1) is 5.92 Å².